The summed E-state index contributed by atoms with van der Waals surface area (Å²) < 4.78 is 6.20. The summed E-state index contributed by atoms with van der Waals surface area (Å²) in [5.74, 6) is 1.16. The summed E-state index contributed by atoms with van der Waals surface area (Å²) in [4.78, 5) is 12.0. The van der Waals surface area contributed by atoms with Crippen molar-refractivity contribution in [3.63, 3.8) is 0 Å². The average molecular weight is 393 g/mol. The van der Waals surface area contributed by atoms with Crippen LogP contribution in [0.5, 0.6) is 5.75 Å². The summed E-state index contributed by atoms with van der Waals surface area (Å²) in [6.45, 7) is 9.45. The van der Waals surface area contributed by atoms with E-state index < -0.39 is 0 Å². The van der Waals surface area contributed by atoms with Crippen LogP contribution in [0.2, 0.25) is 0 Å². The molecular weight excluding hydrogens is 364 g/mol. The number of aryl methyl sites for hydroxylation is 1. The Morgan fingerprint density at radius 2 is 2.07 bits per heavy atom. The van der Waals surface area contributed by atoms with Gasteiger partial charge >= 0.3 is 0 Å². The predicted octanol–water partition coefficient (Wildman–Crippen LogP) is 5.56. The van der Waals surface area contributed by atoms with Crippen LogP contribution in [0.25, 0.3) is 0 Å². The van der Waals surface area contributed by atoms with Gasteiger partial charge in [0.25, 0.3) is 0 Å². The maximum absolute atomic E-state index is 12.0. The van der Waals surface area contributed by atoms with Gasteiger partial charge in [-0.25, -0.2) is 5.01 Å². The third-order valence-electron chi connectivity index (χ3n) is 5.21. The molecule has 0 N–H and O–H groups in total. The minimum Gasteiger partial charge on any atom is -0.489 e. The van der Waals surface area contributed by atoms with E-state index in [0.717, 1.165) is 41.0 Å². The Labute approximate surface area is 172 Å². The van der Waals surface area contributed by atoms with Crippen molar-refractivity contribution in [1.29, 1.82) is 0 Å². The average Bonchev–Trinajstić information content (AvgIpc) is 3.53. The molecule has 1 saturated carbocycles. The first-order valence-corrected chi connectivity index (χ1v) is 9.87. The van der Waals surface area contributed by atoms with E-state index >= 15 is 0 Å². The van der Waals surface area contributed by atoms with Crippen molar-refractivity contribution in [2.45, 2.75) is 52.2 Å². The second kappa shape index (κ2) is 8.99. The van der Waals surface area contributed by atoms with Gasteiger partial charge in [0.15, 0.2) is 0 Å². The molecule has 6 heteroatoms. The molecule has 0 aromatic heterocycles. The molecular formula is C23H28N4O2. The number of nitrogens with zero attached hydrogens (tertiary/aromatic N) is 4. The minimum absolute atomic E-state index is 0.0118. The van der Waals surface area contributed by atoms with E-state index in [0.29, 0.717) is 12.5 Å². The Bertz CT molecular complexity index is 934. The molecule has 1 aliphatic rings. The topological polar surface area (TPSA) is 66.6 Å². The number of hydrogen-bond acceptors (Lipinski definition) is 5. The number of rotatable bonds is 8. The molecule has 1 aliphatic carbocycles. The zero-order valence-electron chi connectivity index (χ0n) is 17.6. The molecule has 0 radical (unpaired) electrons. The highest BCUT2D eigenvalue weighted by atomic mass is 16.5. The van der Waals surface area contributed by atoms with E-state index in [9.17, 15) is 4.79 Å². The summed E-state index contributed by atoms with van der Waals surface area (Å²) in [6.07, 6.45) is 2.32. The number of azo groups is 1. The number of ether oxygens (including phenoxy) is 1. The Hall–Kier alpha value is -3.02. The van der Waals surface area contributed by atoms with Crippen LogP contribution in [-0.2, 0) is 11.4 Å². The lowest BCUT2D eigenvalue weighted by molar-refractivity contribution is -0.116. The van der Waals surface area contributed by atoms with Crippen LogP contribution in [0.15, 0.2) is 51.7 Å². The van der Waals surface area contributed by atoms with Crippen molar-refractivity contribution in [1.82, 2.24) is 0 Å². The van der Waals surface area contributed by atoms with Gasteiger partial charge in [-0.3, -0.25) is 4.79 Å². The van der Waals surface area contributed by atoms with Gasteiger partial charge in [-0.05, 0) is 61.4 Å². The molecule has 2 aromatic rings. The Balaban J connectivity index is 1.88. The summed E-state index contributed by atoms with van der Waals surface area (Å²) in [7, 11) is 1.68. The summed E-state index contributed by atoms with van der Waals surface area (Å²) in [5.41, 5.74) is 5.09. The molecule has 0 aliphatic heterocycles. The SMILES string of the molecule is C=NN(C(C)=O)c1cccc(C2CC2)c1COc1ccc(C(C)N=NC)cc1C. The van der Waals surface area contributed by atoms with Gasteiger partial charge in [-0.2, -0.15) is 15.3 Å². The van der Waals surface area contributed by atoms with Crippen molar-refractivity contribution in [3.05, 3.63) is 58.7 Å². The Morgan fingerprint density at radius 1 is 1.31 bits per heavy atom. The van der Waals surface area contributed by atoms with E-state index in [1.165, 1.54) is 17.5 Å². The van der Waals surface area contributed by atoms with E-state index in [2.05, 4.69) is 34.2 Å². The van der Waals surface area contributed by atoms with Crippen LogP contribution in [0.1, 0.15) is 60.9 Å². The fourth-order valence-corrected chi connectivity index (χ4v) is 3.55. The van der Waals surface area contributed by atoms with Gasteiger partial charge in [-0.1, -0.05) is 24.3 Å². The molecule has 1 unspecified atom stereocenters. The third-order valence-corrected chi connectivity index (χ3v) is 5.21. The molecule has 3 rings (SSSR count). The molecule has 1 fully saturated rings. The molecule has 2 aromatic carbocycles. The van der Waals surface area contributed by atoms with Crippen molar-refractivity contribution in [3.8, 4) is 5.75 Å². The number of carbonyl (C=O) groups is 1. The van der Waals surface area contributed by atoms with Crippen LogP contribution in [0.4, 0.5) is 5.69 Å². The quantitative estimate of drug-likeness (QED) is 0.335. The van der Waals surface area contributed by atoms with Gasteiger partial charge in [0, 0.05) is 26.3 Å². The first-order chi connectivity index (χ1) is 14.0. The minimum atomic E-state index is -0.172. The van der Waals surface area contributed by atoms with Gasteiger partial charge in [0.2, 0.25) is 5.91 Å². The number of carbonyl (C=O) groups excluding carboxylic acids is 1. The van der Waals surface area contributed by atoms with E-state index in [1.54, 1.807) is 7.05 Å². The van der Waals surface area contributed by atoms with Crippen LogP contribution >= 0.6 is 0 Å². The van der Waals surface area contributed by atoms with Crippen LogP contribution in [-0.4, -0.2) is 19.7 Å². The van der Waals surface area contributed by atoms with Gasteiger partial charge in [0.1, 0.15) is 12.4 Å². The van der Waals surface area contributed by atoms with Gasteiger partial charge in [0.05, 0.1) is 11.7 Å². The van der Waals surface area contributed by atoms with Crippen molar-refractivity contribution >= 4 is 18.3 Å². The monoisotopic (exact) mass is 392 g/mol. The molecule has 6 nitrogen and oxygen atoms in total. The lowest BCUT2D eigenvalue weighted by Gasteiger charge is -2.22. The highest BCUT2D eigenvalue weighted by Gasteiger charge is 2.29. The Kier molecular flexibility index (Phi) is 6.42. The molecule has 0 saturated heterocycles. The maximum atomic E-state index is 12.0. The van der Waals surface area contributed by atoms with E-state index in [-0.39, 0.29) is 11.9 Å². The molecule has 29 heavy (non-hydrogen) atoms. The highest BCUT2D eigenvalue weighted by molar-refractivity contribution is 5.92. The standard InChI is InChI=1S/C23H28N4O2/c1-15-13-19(16(2)26-24-4)11-12-23(15)29-14-21-20(18-9-10-18)7-6-8-22(21)27(25-5)17(3)28/h6-8,11-13,16,18H,5,9-10,14H2,1-4H3. The van der Waals surface area contributed by atoms with Gasteiger partial charge < -0.3 is 4.74 Å². The largest absolute Gasteiger partial charge is 0.489 e. The second-order valence-electron chi connectivity index (χ2n) is 7.40. The normalized spacial score (nSPS) is 14.6. The number of benzene rings is 2. The molecule has 0 bridgehead atoms. The Morgan fingerprint density at radius 3 is 2.66 bits per heavy atom. The van der Waals surface area contributed by atoms with E-state index in [1.807, 2.05) is 38.1 Å². The summed E-state index contributed by atoms with van der Waals surface area (Å²) in [5, 5.41) is 13.3. The van der Waals surface area contributed by atoms with Crippen LogP contribution < -0.4 is 9.75 Å². The van der Waals surface area contributed by atoms with Crippen LogP contribution in [0.3, 0.4) is 0 Å². The zero-order chi connectivity index (χ0) is 21.0. The first kappa shape index (κ1) is 20.7. The molecule has 152 valence electrons. The molecule has 0 heterocycles. The number of hydrazone groups is 1. The fraction of sp³-hybridized carbons (Fsp3) is 0.391. The lowest BCUT2D eigenvalue weighted by Crippen LogP contribution is -2.23. The molecule has 1 amide bonds. The highest BCUT2D eigenvalue weighted by Crippen LogP contribution is 2.44. The van der Waals surface area contributed by atoms with Crippen LogP contribution in [0, 0.1) is 6.92 Å². The van der Waals surface area contributed by atoms with E-state index in [4.69, 9.17) is 4.74 Å². The molecule has 0 spiro atoms. The smallest absolute Gasteiger partial charge is 0.244 e. The van der Waals surface area contributed by atoms with Crippen molar-refractivity contribution in [2.75, 3.05) is 12.1 Å². The third kappa shape index (κ3) is 4.70. The number of anilines is 1. The second-order valence-corrected chi connectivity index (χ2v) is 7.40. The fourth-order valence-electron chi connectivity index (χ4n) is 3.55. The summed E-state index contributed by atoms with van der Waals surface area (Å²) >= 11 is 0. The number of amides is 1. The van der Waals surface area contributed by atoms with Gasteiger partial charge in [-0.15, -0.1) is 0 Å². The predicted molar refractivity (Wildman–Crippen MR) is 116 cm³/mol. The first-order valence-electron chi connectivity index (χ1n) is 9.87. The maximum Gasteiger partial charge on any atom is 0.244 e. The molecule has 1 atom stereocenters. The zero-order valence-corrected chi connectivity index (χ0v) is 17.6. The number of hydrogen-bond donors (Lipinski definition) is 0. The van der Waals surface area contributed by atoms with Crippen molar-refractivity contribution < 1.29 is 9.53 Å². The summed E-state index contributed by atoms with van der Waals surface area (Å²) in [6, 6.07) is 12.1. The van der Waals surface area contributed by atoms with Crippen molar-refractivity contribution in [2.24, 2.45) is 15.3 Å². The lowest BCUT2D eigenvalue weighted by atomic mass is 10.0.